The maximum absolute atomic E-state index is 12.1. The minimum atomic E-state index is -3.49. The minimum absolute atomic E-state index is 0.0606. The molecule has 35 heavy (non-hydrogen) atoms. The summed E-state index contributed by atoms with van der Waals surface area (Å²) in [5.41, 5.74) is 3.86. The van der Waals surface area contributed by atoms with E-state index in [0.29, 0.717) is 30.9 Å². The van der Waals surface area contributed by atoms with Gasteiger partial charge >= 0.3 is 0 Å². The van der Waals surface area contributed by atoms with Crippen LogP contribution in [0.15, 0.2) is 70.7 Å². The Bertz CT molecular complexity index is 1300. The SMILES string of the molecule is Cc1nn(-c2ccccc2)cc1CCCNC(=O)CCCCCN=C1NS(=O)(=O)c2ccccc21. The van der Waals surface area contributed by atoms with Crippen molar-refractivity contribution in [1.82, 2.24) is 19.8 Å². The molecular formula is C26H31N5O3S. The molecule has 2 aromatic carbocycles. The van der Waals surface area contributed by atoms with Crippen LogP contribution in [0.25, 0.3) is 5.69 Å². The van der Waals surface area contributed by atoms with Gasteiger partial charge in [0.1, 0.15) is 5.84 Å². The number of aryl methyl sites for hydroxylation is 2. The molecule has 0 saturated heterocycles. The number of hydrogen-bond donors (Lipinski definition) is 2. The van der Waals surface area contributed by atoms with E-state index in [-0.39, 0.29) is 10.8 Å². The van der Waals surface area contributed by atoms with Gasteiger partial charge in [-0.3, -0.25) is 14.5 Å². The van der Waals surface area contributed by atoms with Crippen LogP contribution < -0.4 is 10.0 Å². The van der Waals surface area contributed by atoms with E-state index in [1.165, 1.54) is 5.56 Å². The van der Waals surface area contributed by atoms with Crippen molar-refractivity contribution in [3.05, 3.63) is 77.6 Å². The topological polar surface area (TPSA) is 105 Å². The number of rotatable bonds is 11. The zero-order valence-electron chi connectivity index (χ0n) is 19.9. The number of para-hydroxylation sites is 1. The summed E-state index contributed by atoms with van der Waals surface area (Å²) in [5, 5.41) is 7.59. The quantitative estimate of drug-likeness (QED) is 0.399. The van der Waals surface area contributed by atoms with Crippen LogP contribution >= 0.6 is 0 Å². The number of sulfonamides is 1. The molecule has 0 atom stereocenters. The van der Waals surface area contributed by atoms with Crippen LogP contribution in [0, 0.1) is 6.92 Å². The Morgan fingerprint density at radius 2 is 1.80 bits per heavy atom. The highest BCUT2D eigenvalue weighted by Crippen LogP contribution is 2.22. The van der Waals surface area contributed by atoms with Gasteiger partial charge in [-0.1, -0.05) is 36.8 Å². The maximum Gasteiger partial charge on any atom is 0.263 e. The molecule has 9 heteroatoms. The number of hydrogen-bond acceptors (Lipinski definition) is 5. The second kappa shape index (κ2) is 11.3. The van der Waals surface area contributed by atoms with Gasteiger partial charge < -0.3 is 5.32 Å². The van der Waals surface area contributed by atoms with Crippen LogP contribution in [-0.4, -0.2) is 43.0 Å². The fraction of sp³-hybridized carbons (Fsp3) is 0.346. The first kappa shape index (κ1) is 24.7. The first-order valence-corrected chi connectivity index (χ1v) is 13.5. The summed E-state index contributed by atoms with van der Waals surface area (Å²) < 4.78 is 28.6. The molecule has 0 radical (unpaired) electrons. The molecule has 8 nitrogen and oxygen atoms in total. The van der Waals surface area contributed by atoms with Crippen LogP contribution in [0.3, 0.4) is 0 Å². The maximum atomic E-state index is 12.1. The van der Waals surface area contributed by atoms with Crippen LogP contribution in [0.4, 0.5) is 0 Å². The van der Waals surface area contributed by atoms with Crippen molar-refractivity contribution in [3.8, 4) is 5.69 Å². The molecule has 1 amide bonds. The van der Waals surface area contributed by atoms with Gasteiger partial charge in [-0.25, -0.2) is 13.1 Å². The van der Waals surface area contributed by atoms with E-state index in [1.54, 1.807) is 24.3 Å². The number of aliphatic imine (C=N–C) groups is 1. The largest absolute Gasteiger partial charge is 0.356 e. The second-order valence-electron chi connectivity index (χ2n) is 8.62. The van der Waals surface area contributed by atoms with Crippen molar-refractivity contribution in [2.24, 2.45) is 4.99 Å². The van der Waals surface area contributed by atoms with Gasteiger partial charge in [0.05, 0.1) is 16.3 Å². The van der Waals surface area contributed by atoms with Crippen molar-refractivity contribution < 1.29 is 13.2 Å². The standard InChI is InChI=1S/C26H31N5O3S/c1-20-21(19-31(29-20)22-12-4-2-5-13-22)11-10-18-27-25(32)16-6-3-9-17-28-26-23-14-7-8-15-24(23)35(33,34)30-26/h2,4-5,7-8,12-15,19H,3,6,9-11,16-18H2,1H3,(H,27,32)(H,28,30). The van der Waals surface area contributed by atoms with E-state index >= 15 is 0 Å². The predicted octanol–water partition coefficient (Wildman–Crippen LogP) is 3.53. The van der Waals surface area contributed by atoms with Gasteiger partial charge in [-0.15, -0.1) is 0 Å². The lowest BCUT2D eigenvalue weighted by atomic mass is 10.1. The van der Waals surface area contributed by atoms with Crippen LogP contribution in [0.1, 0.15) is 48.9 Å². The van der Waals surface area contributed by atoms with E-state index in [0.717, 1.165) is 43.5 Å². The Morgan fingerprint density at radius 1 is 1.03 bits per heavy atom. The van der Waals surface area contributed by atoms with Crippen molar-refractivity contribution in [1.29, 1.82) is 0 Å². The molecule has 0 aliphatic carbocycles. The summed E-state index contributed by atoms with van der Waals surface area (Å²) in [6.07, 6.45) is 6.71. The molecule has 3 aromatic rings. The van der Waals surface area contributed by atoms with Gasteiger partial charge in [0.25, 0.3) is 10.0 Å². The normalized spacial score (nSPS) is 15.1. The average Bonchev–Trinajstić information content (AvgIpc) is 3.36. The zero-order chi connectivity index (χ0) is 24.7. The van der Waals surface area contributed by atoms with Crippen LogP contribution in [0.5, 0.6) is 0 Å². The fourth-order valence-corrected chi connectivity index (χ4v) is 5.32. The molecule has 0 saturated carbocycles. The molecule has 4 rings (SSSR count). The monoisotopic (exact) mass is 493 g/mol. The molecule has 2 N–H and O–H groups in total. The number of amidine groups is 1. The minimum Gasteiger partial charge on any atom is -0.356 e. The second-order valence-corrected chi connectivity index (χ2v) is 10.3. The number of unbranched alkanes of at least 4 members (excludes halogenated alkanes) is 2. The Labute approximate surface area is 206 Å². The van der Waals surface area contributed by atoms with Crippen molar-refractivity contribution in [2.45, 2.75) is 50.3 Å². The summed E-state index contributed by atoms with van der Waals surface area (Å²) in [6, 6.07) is 16.9. The van der Waals surface area contributed by atoms with E-state index in [2.05, 4.69) is 26.3 Å². The highest BCUT2D eigenvalue weighted by molar-refractivity contribution is 7.90. The fourth-order valence-electron chi connectivity index (χ4n) is 4.07. The zero-order valence-corrected chi connectivity index (χ0v) is 20.7. The molecule has 0 spiro atoms. The molecule has 184 valence electrons. The summed E-state index contributed by atoms with van der Waals surface area (Å²) in [6.45, 7) is 3.17. The predicted molar refractivity (Wildman–Crippen MR) is 136 cm³/mol. The lowest BCUT2D eigenvalue weighted by Crippen LogP contribution is -2.24. The number of nitrogens with one attached hydrogen (secondary N) is 2. The molecule has 1 aromatic heterocycles. The number of aromatic nitrogens is 2. The van der Waals surface area contributed by atoms with Crippen molar-refractivity contribution in [3.63, 3.8) is 0 Å². The molecule has 1 aliphatic heterocycles. The van der Waals surface area contributed by atoms with Gasteiger partial charge in [0, 0.05) is 31.3 Å². The number of carbonyl (C=O) groups is 1. The average molecular weight is 494 g/mol. The molecule has 2 heterocycles. The van der Waals surface area contributed by atoms with Gasteiger partial charge in [0.2, 0.25) is 5.91 Å². The van der Waals surface area contributed by atoms with E-state index in [9.17, 15) is 13.2 Å². The van der Waals surface area contributed by atoms with E-state index in [1.807, 2.05) is 41.9 Å². The summed E-state index contributed by atoms with van der Waals surface area (Å²) in [4.78, 5) is 16.8. The Morgan fingerprint density at radius 3 is 2.63 bits per heavy atom. The Balaban J connectivity index is 1.10. The highest BCUT2D eigenvalue weighted by atomic mass is 32.2. The number of fused-ring (bicyclic) bond motifs is 1. The van der Waals surface area contributed by atoms with Gasteiger partial charge in [0.15, 0.2) is 0 Å². The molecule has 0 fully saturated rings. The molecule has 0 unspecified atom stereocenters. The number of amides is 1. The third-order valence-corrected chi connectivity index (χ3v) is 7.36. The van der Waals surface area contributed by atoms with Crippen LogP contribution in [-0.2, 0) is 21.2 Å². The lowest BCUT2D eigenvalue weighted by molar-refractivity contribution is -0.121. The smallest absolute Gasteiger partial charge is 0.263 e. The molecule has 0 bridgehead atoms. The molecular weight excluding hydrogens is 462 g/mol. The third-order valence-electron chi connectivity index (χ3n) is 5.96. The number of carbonyl (C=O) groups excluding carboxylic acids is 1. The third kappa shape index (κ3) is 6.36. The molecule has 1 aliphatic rings. The highest BCUT2D eigenvalue weighted by Gasteiger charge is 2.29. The van der Waals surface area contributed by atoms with Crippen LogP contribution in [0.2, 0.25) is 0 Å². The Kier molecular flexibility index (Phi) is 7.97. The Hall–Kier alpha value is -3.46. The van der Waals surface area contributed by atoms with E-state index in [4.69, 9.17) is 0 Å². The van der Waals surface area contributed by atoms with Crippen molar-refractivity contribution in [2.75, 3.05) is 13.1 Å². The first-order chi connectivity index (χ1) is 16.9. The van der Waals surface area contributed by atoms with Gasteiger partial charge in [-0.05, 0) is 62.4 Å². The van der Waals surface area contributed by atoms with E-state index < -0.39 is 10.0 Å². The van der Waals surface area contributed by atoms with Gasteiger partial charge in [-0.2, -0.15) is 5.10 Å². The van der Waals surface area contributed by atoms with Crippen molar-refractivity contribution >= 4 is 21.8 Å². The summed E-state index contributed by atoms with van der Waals surface area (Å²) >= 11 is 0. The number of benzene rings is 2. The first-order valence-electron chi connectivity index (χ1n) is 12.0. The lowest BCUT2D eigenvalue weighted by Gasteiger charge is -2.05. The summed E-state index contributed by atoms with van der Waals surface area (Å²) in [7, 11) is -3.49. The number of nitrogens with zero attached hydrogens (tertiary/aromatic N) is 3. The summed E-state index contributed by atoms with van der Waals surface area (Å²) in [5.74, 6) is 0.466.